The average molecular weight is 183 g/mol. The van der Waals surface area contributed by atoms with E-state index in [4.69, 9.17) is 6.42 Å². The first-order chi connectivity index (χ1) is 5.65. The Morgan fingerprint density at radius 1 is 1.75 bits per heavy atom. The Kier molecular flexibility index (Phi) is 2.77. The molecule has 64 valence electrons. The van der Waals surface area contributed by atoms with Gasteiger partial charge in [-0.3, -0.25) is 14.9 Å². The van der Waals surface area contributed by atoms with Gasteiger partial charge in [0.05, 0.1) is 5.25 Å². The molecule has 1 saturated heterocycles. The van der Waals surface area contributed by atoms with Crippen molar-refractivity contribution in [3.63, 3.8) is 0 Å². The molecule has 1 aliphatic rings. The van der Waals surface area contributed by atoms with Crippen molar-refractivity contribution in [1.82, 2.24) is 5.32 Å². The van der Waals surface area contributed by atoms with Crippen LogP contribution in [0.4, 0.5) is 4.79 Å². The Labute approximate surface area is 75.3 Å². The first-order valence-electron chi connectivity index (χ1n) is 3.60. The molecule has 0 spiro atoms. The van der Waals surface area contributed by atoms with E-state index in [9.17, 15) is 9.59 Å². The standard InChI is InChI=1S/C8H9NO2S/c1-3-4-5(2)6-7(10)9-8(11)12-6/h1,5-6H,4H2,2H3,(H,9,10,11)/t5-,6?/m0/s1. The quantitative estimate of drug-likeness (QED) is 0.649. The molecular weight excluding hydrogens is 174 g/mol. The molecule has 0 aromatic rings. The summed E-state index contributed by atoms with van der Waals surface area (Å²) < 4.78 is 0. The van der Waals surface area contributed by atoms with Gasteiger partial charge in [-0.15, -0.1) is 12.3 Å². The van der Waals surface area contributed by atoms with Crippen molar-refractivity contribution < 1.29 is 9.59 Å². The van der Waals surface area contributed by atoms with Crippen LogP contribution in [0.2, 0.25) is 0 Å². The molecule has 2 amide bonds. The molecule has 0 aliphatic carbocycles. The molecule has 1 unspecified atom stereocenters. The van der Waals surface area contributed by atoms with Crippen LogP contribution >= 0.6 is 11.8 Å². The molecule has 0 saturated carbocycles. The summed E-state index contributed by atoms with van der Waals surface area (Å²) in [5.74, 6) is 2.32. The summed E-state index contributed by atoms with van der Waals surface area (Å²) in [4.78, 5) is 21.8. The van der Waals surface area contributed by atoms with Gasteiger partial charge in [-0.2, -0.15) is 0 Å². The van der Waals surface area contributed by atoms with Crippen molar-refractivity contribution in [2.45, 2.75) is 18.6 Å². The van der Waals surface area contributed by atoms with E-state index in [0.29, 0.717) is 6.42 Å². The lowest BCUT2D eigenvalue weighted by Crippen LogP contribution is -2.28. The molecule has 1 heterocycles. The summed E-state index contributed by atoms with van der Waals surface area (Å²) in [6.07, 6.45) is 5.63. The van der Waals surface area contributed by atoms with Crippen LogP contribution in [0, 0.1) is 18.3 Å². The van der Waals surface area contributed by atoms with Crippen LogP contribution in [0.15, 0.2) is 0 Å². The molecule has 0 radical (unpaired) electrons. The first kappa shape index (κ1) is 9.14. The number of carbonyl (C=O) groups is 2. The van der Waals surface area contributed by atoms with Crippen LogP contribution < -0.4 is 5.32 Å². The fourth-order valence-electron chi connectivity index (χ4n) is 1.04. The maximum Gasteiger partial charge on any atom is 0.286 e. The summed E-state index contributed by atoms with van der Waals surface area (Å²) in [6, 6.07) is 0. The van der Waals surface area contributed by atoms with Gasteiger partial charge >= 0.3 is 0 Å². The summed E-state index contributed by atoms with van der Waals surface area (Å²) >= 11 is 1.03. The zero-order valence-electron chi connectivity index (χ0n) is 6.66. The van der Waals surface area contributed by atoms with Crippen LogP contribution in [0.3, 0.4) is 0 Å². The molecule has 1 aliphatic heterocycles. The zero-order valence-corrected chi connectivity index (χ0v) is 7.48. The van der Waals surface area contributed by atoms with E-state index in [0.717, 1.165) is 11.8 Å². The van der Waals surface area contributed by atoms with Gasteiger partial charge in [0.2, 0.25) is 5.91 Å². The molecule has 0 aromatic carbocycles. The van der Waals surface area contributed by atoms with Crippen LogP contribution in [-0.2, 0) is 4.79 Å². The SMILES string of the molecule is C#CC[C@H](C)C1SC(=O)NC1=O. The van der Waals surface area contributed by atoms with E-state index >= 15 is 0 Å². The highest BCUT2D eigenvalue weighted by atomic mass is 32.2. The van der Waals surface area contributed by atoms with Crippen LogP contribution in [-0.4, -0.2) is 16.4 Å². The van der Waals surface area contributed by atoms with E-state index in [1.54, 1.807) is 0 Å². The van der Waals surface area contributed by atoms with Crippen LogP contribution in [0.5, 0.6) is 0 Å². The van der Waals surface area contributed by atoms with Gasteiger partial charge in [0.25, 0.3) is 5.24 Å². The highest BCUT2D eigenvalue weighted by molar-refractivity contribution is 8.15. The van der Waals surface area contributed by atoms with E-state index in [2.05, 4.69) is 11.2 Å². The molecule has 0 aromatic heterocycles. The predicted molar refractivity (Wildman–Crippen MR) is 47.5 cm³/mol. The van der Waals surface area contributed by atoms with Crippen molar-refractivity contribution in [2.75, 3.05) is 0 Å². The number of imide groups is 1. The molecular formula is C8H9NO2S. The molecule has 1 fully saturated rings. The third-order valence-corrected chi connectivity index (χ3v) is 2.92. The number of amides is 2. The number of thioether (sulfide) groups is 1. The normalized spacial score (nSPS) is 24.8. The van der Waals surface area contributed by atoms with Crippen molar-refractivity contribution >= 4 is 22.9 Å². The Morgan fingerprint density at radius 3 is 2.83 bits per heavy atom. The highest BCUT2D eigenvalue weighted by Gasteiger charge is 2.35. The van der Waals surface area contributed by atoms with E-state index in [-0.39, 0.29) is 22.3 Å². The molecule has 1 rings (SSSR count). The van der Waals surface area contributed by atoms with Crippen molar-refractivity contribution in [3.05, 3.63) is 0 Å². The second kappa shape index (κ2) is 3.63. The van der Waals surface area contributed by atoms with Gasteiger partial charge in [0.1, 0.15) is 0 Å². The van der Waals surface area contributed by atoms with Gasteiger partial charge in [0.15, 0.2) is 0 Å². The van der Waals surface area contributed by atoms with Crippen molar-refractivity contribution in [3.8, 4) is 12.3 Å². The lowest BCUT2D eigenvalue weighted by atomic mass is 10.0. The Bertz CT molecular complexity index is 256. The number of terminal acetylenes is 1. The van der Waals surface area contributed by atoms with E-state index in [1.165, 1.54) is 0 Å². The smallest absolute Gasteiger partial charge is 0.286 e. The summed E-state index contributed by atoms with van der Waals surface area (Å²) in [5.41, 5.74) is 0. The van der Waals surface area contributed by atoms with E-state index in [1.807, 2.05) is 6.92 Å². The van der Waals surface area contributed by atoms with Crippen LogP contribution in [0.1, 0.15) is 13.3 Å². The topological polar surface area (TPSA) is 46.2 Å². The molecule has 12 heavy (non-hydrogen) atoms. The van der Waals surface area contributed by atoms with Crippen LogP contribution in [0.25, 0.3) is 0 Å². The lowest BCUT2D eigenvalue weighted by Gasteiger charge is -2.10. The molecule has 3 nitrogen and oxygen atoms in total. The van der Waals surface area contributed by atoms with E-state index < -0.39 is 0 Å². The minimum absolute atomic E-state index is 0.0615. The molecule has 0 bridgehead atoms. The largest absolute Gasteiger partial charge is 0.286 e. The van der Waals surface area contributed by atoms with Crippen molar-refractivity contribution in [2.24, 2.45) is 5.92 Å². The molecule has 2 atom stereocenters. The maximum atomic E-state index is 11.1. The summed E-state index contributed by atoms with van der Waals surface area (Å²) in [6.45, 7) is 1.87. The third-order valence-electron chi connectivity index (χ3n) is 1.67. The van der Waals surface area contributed by atoms with Gasteiger partial charge in [0, 0.05) is 6.42 Å². The second-order valence-corrected chi connectivity index (χ2v) is 3.82. The maximum absolute atomic E-state index is 11.1. The second-order valence-electron chi connectivity index (χ2n) is 2.70. The Balaban J connectivity index is 2.59. The number of carbonyl (C=O) groups excluding carboxylic acids is 2. The summed E-state index contributed by atoms with van der Waals surface area (Å²) in [7, 11) is 0. The minimum atomic E-state index is -0.298. The first-order valence-corrected chi connectivity index (χ1v) is 4.48. The van der Waals surface area contributed by atoms with Gasteiger partial charge in [-0.25, -0.2) is 0 Å². The number of hydrogen-bond donors (Lipinski definition) is 1. The monoisotopic (exact) mass is 183 g/mol. The number of nitrogens with one attached hydrogen (secondary N) is 1. The summed E-state index contributed by atoms with van der Waals surface area (Å²) in [5, 5.41) is 1.66. The molecule has 1 N–H and O–H groups in total. The molecule has 4 heteroatoms. The lowest BCUT2D eigenvalue weighted by molar-refractivity contribution is -0.119. The minimum Gasteiger partial charge on any atom is -0.286 e. The zero-order chi connectivity index (χ0) is 9.14. The Hall–Kier alpha value is -0.950. The van der Waals surface area contributed by atoms with Gasteiger partial charge in [-0.05, 0) is 5.92 Å². The average Bonchev–Trinajstić information content (AvgIpc) is 2.30. The predicted octanol–water partition coefficient (Wildman–Crippen LogP) is 0.997. The highest BCUT2D eigenvalue weighted by Crippen LogP contribution is 2.27. The fourth-order valence-corrected chi connectivity index (χ4v) is 1.92. The Morgan fingerprint density at radius 2 is 2.42 bits per heavy atom. The van der Waals surface area contributed by atoms with Gasteiger partial charge < -0.3 is 0 Å². The third kappa shape index (κ3) is 1.80. The van der Waals surface area contributed by atoms with Crippen molar-refractivity contribution in [1.29, 1.82) is 0 Å². The fraction of sp³-hybridized carbons (Fsp3) is 0.500. The number of hydrogen-bond acceptors (Lipinski definition) is 3. The number of rotatable bonds is 2. The van der Waals surface area contributed by atoms with Gasteiger partial charge in [-0.1, -0.05) is 18.7 Å².